The van der Waals surface area contributed by atoms with E-state index in [1.54, 1.807) is 23.1 Å². The molecule has 4 rings (SSSR count). The number of nitrogen functional groups attached to an aromatic ring is 1. The van der Waals surface area contributed by atoms with Crippen LogP contribution in [0.15, 0.2) is 49.2 Å². The van der Waals surface area contributed by atoms with E-state index in [-0.39, 0.29) is 5.95 Å². The van der Waals surface area contributed by atoms with Gasteiger partial charge in [0.15, 0.2) is 5.65 Å². The van der Waals surface area contributed by atoms with Crippen molar-refractivity contribution in [3.8, 4) is 22.5 Å². The molecule has 0 bridgehead atoms. The van der Waals surface area contributed by atoms with Crippen molar-refractivity contribution in [3.63, 3.8) is 0 Å². The van der Waals surface area contributed by atoms with Crippen molar-refractivity contribution in [1.82, 2.24) is 29.5 Å². The zero-order chi connectivity index (χ0) is 15.8. The van der Waals surface area contributed by atoms with Crippen LogP contribution in [-0.4, -0.2) is 29.5 Å². The van der Waals surface area contributed by atoms with Crippen LogP contribution in [0.3, 0.4) is 0 Å². The molecule has 0 atom stereocenters. The lowest BCUT2D eigenvalue weighted by Crippen LogP contribution is -1.99. The zero-order valence-corrected chi connectivity index (χ0v) is 12.5. The Bertz CT molecular complexity index is 980. The summed E-state index contributed by atoms with van der Waals surface area (Å²) in [6, 6.07) is 7.40. The highest BCUT2D eigenvalue weighted by molar-refractivity contribution is 6.30. The fourth-order valence-electron chi connectivity index (χ4n) is 2.33. The summed E-state index contributed by atoms with van der Waals surface area (Å²) in [6.07, 6.45) is 6.51. The summed E-state index contributed by atoms with van der Waals surface area (Å²) in [5, 5.41) is 4.93. The van der Waals surface area contributed by atoms with E-state index in [1.807, 2.05) is 24.3 Å². The topological polar surface area (TPSA) is 94.9 Å². The van der Waals surface area contributed by atoms with Gasteiger partial charge in [0.25, 0.3) is 0 Å². The fraction of sp³-hybridized carbons (Fsp3) is 0. The summed E-state index contributed by atoms with van der Waals surface area (Å²) < 4.78 is 1.66. The Morgan fingerprint density at radius 2 is 1.70 bits per heavy atom. The highest BCUT2D eigenvalue weighted by atomic mass is 35.5. The van der Waals surface area contributed by atoms with Gasteiger partial charge in [0, 0.05) is 28.5 Å². The van der Waals surface area contributed by atoms with Gasteiger partial charge >= 0.3 is 0 Å². The SMILES string of the molecule is Nc1nc2c(-c3cncnc3)ncc(-c3ccc(Cl)cc3)n2n1. The van der Waals surface area contributed by atoms with Crippen LogP contribution < -0.4 is 5.73 Å². The number of hydrogen-bond acceptors (Lipinski definition) is 6. The van der Waals surface area contributed by atoms with E-state index in [0.29, 0.717) is 16.4 Å². The Morgan fingerprint density at radius 1 is 0.957 bits per heavy atom. The van der Waals surface area contributed by atoms with E-state index >= 15 is 0 Å². The molecule has 2 N–H and O–H groups in total. The quantitative estimate of drug-likeness (QED) is 0.609. The molecule has 0 saturated heterocycles. The van der Waals surface area contributed by atoms with Crippen molar-refractivity contribution in [1.29, 1.82) is 0 Å². The smallest absolute Gasteiger partial charge is 0.240 e. The summed E-state index contributed by atoms with van der Waals surface area (Å²) in [5.41, 5.74) is 9.37. The van der Waals surface area contributed by atoms with Crippen LogP contribution in [0, 0.1) is 0 Å². The van der Waals surface area contributed by atoms with E-state index in [2.05, 4.69) is 25.0 Å². The average molecular weight is 324 g/mol. The van der Waals surface area contributed by atoms with Crippen LogP contribution in [0.4, 0.5) is 5.95 Å². The van der Waals surface area contributed by atoms with Crippen molar-refractivity contribution >= 4 is 23.2 Å². The van der Waals surface area contributed by atoms with Gasteiger partial charge in [-0.2, -0.15) is 4.98 Å². The van der Waals surface area contributed by atoms with Gasteiger partial charge in [0.2, 0.25) is 5.95 Å². The number of nitrogens with two attached hydrogens (primary N) is 1. The first-order chi connectivity index (χ1) is 11.2. The monoisotopic (exact) mass is 323 g/mol. The Kier molecular flexibility index (Phi) is 3.13. The van der Waals surface area contributed by atoms with E-state index in [0.717, 1.165) is 16.8 Å². The van der Waals surface area contributed by atoms with E-state index in [4.69, 9.17) is 17.3 Å². The van der Waals surface area contributed by atoms with Gasteiger partial charge in [-0.1, -0.05) is 23.7 Å². The Labute approximate surface area is 135 Å². The summed E-state index contributed by atoms with van der Waals surface area (Å²) in [5.74, 6) is 0.173. The van der Waals surface area contributed by atoms with Crippen molar-refractivity contribution in [2.75, 3.05) is 5.73 Å². The second kappa shape index (κ2) is 5.29. The Hall–Kier alpha value is -3.06. The predicted octanol–water partition coefficient (Wildman–Crippen LogP) is 2.48. The number of halogens is 1. The first-order valence-electron chi connectivity index (χ1n) is 6.75. The van der Waals surface area contributed by atoms with Crippen molar-refractivity contribution in [2.24, 2.45) is 0 Å². The molecule has 0 aliphatic carbocycles. The lowest BCUT2D eigenvalue weighted by Gasteiger charge is -2.07. The van der Waals surface area contributed by atoms with E-state index in [1.165, 1.54) is 6.33 Å². The van der Waals surface area contributed by atoms with Gasteiger partial charge in [-0.25, -0.2) is 19.5 Å². The highest BCUT2D eigenvalue weighted by Crippen LogP contribution is 2.26. The molecule has 112 valence electrons. The summed E-state index contributed by atoms with van der Waals surface area (Å²) >= 11 is 5.94. The lowest BCUT2D eigenvalue weighted by atomic mass is 10.1. The molecular formula is C15H10ClN7. The van der Waals surface area contributed by atoms with E-state index in [9.17, 15) is 0 Å². The first-order valence-corrected chi connectivity index (χ1v) is 7.13. The van der Waals surface area contributed by atoms with Crippen molar-refractivity contribution < 1.29 is 0 Å². The number of benzene rings is 1. The molecule has 4 aromatic rings. The van der Waals surface area contributed by atoms with Gasteiger partial charge < -0.3 is 5.73 Å². The van der Waals surface area contributed by atoms with Crippen LogP contribution in [-0.2, 0) is 0 Å². The van der Waals surface area contributed by atoms with Crippen LogP contribution in [0.2, 0.25) is 5.02 Å². The average Bonchev–Trinajstić information content (AvgIpc) is 2.97. The summed E-state index contributed by atoms with van der Waals surface area (Å²) in [4.78, 5) is 16.8. The second-order valence-electron chi connectivity index (χ2n) is 4.83. The molecule has 8 heteroatoms. The summed E-state index contributed by atoms with van der Waals surface area (Å²) in [6.45, 7) is 0. The number of anilines is 1. The molecule has 0 amide bonds. The molecule has 1 aromatic carbocycles. The maximum atomic E-state index is 5.94. The third-order valence-electron chi connectivity index (χ3n) is 3.35. The largest absolute Gasteiger partial charge is 0.366 e. The molecular weight excluding hydrogens is 314 g/mol. The Morgan fingerprint density at radius 3 is 2.43 bits per heavy atom. The minimum atomic E-state index is 0.173. The predicted molar refractivity (Wildman–Crippen MR) is 86.7 cm³/mol. The van der Waals surface area contributed by atoms with Crippen molar-refractivity contribution in [3.05, 3.63) is 54.2 Å². The molecule has 0 fully saturated rings. The highest BCUT2D eigenvalue weighted by Gasteiger charge is 2.15. The molecule has 7 nitrogen and oxygen atoms in total. The van der Waals surface area contributed by atoms with E-state index < -0.39 is 0 Å². The third-order valence-corrected chi connectivity index (χ3v) is 3.61. The van der Waals surface area contributed by atoms with Crippen LogP contribution in [0.25, 0.3) is 28.2 Å². The molecule has 0 aliphatic rings. The standard InChI is InChI=1S/C15H10ClN7/c16-11-3-1-9(2-4-11)12-7-20-13(10-5-18-8-19-6-10)14-21-15(17)22-23(12)14/h1-8H,(H2,17,22). The third kappa shape index (κ3) is 2.36. The fourth-order valence-corrected chi connectivity index (χ4v) is 2.46. The normalized spacial score (nSPS) is 11.0. The van der Waals surface area contributed by atoms with Gasteiger partial charge in [0.05, 0.1) is 11.9 Å². The van der Waals surface area contributed by atoms with Gasteiger partial charge in [0.1, 0.15) is 12.0 Å². The maximum absolute atomic E-state index is 5.94. The van der Waals surface area contributed by atoms with Crippen LogP contribution in [0.5, 0.6) is 0 Å². The minimum Gasteiger partial charge on any atom is -0.366 e. The molecule has 3 aromatic heterocycles. The van der Waals surface area contributed by atoms with Crippen LogP contribution in [0.1, 0.15) is 0 Å². The molecule has 0 unspecified atom stereocenters. The number of aromatic nitrogens is 6. The van der Waals surface area contributed by atoms with Gasteiger partial charge in [-0.3, -0.25) is 0 Å². The van der Waals surface area contributed by atoms with Crippen molar-refractivity contribution in [2.45, 2.75) is 0 Å². The molecule has 0 spiro atoms. The number of fused-ring (bicyclic) bond motifs is 1. The van der Waals surface area contributed by atoms with Crippen LogP contribution >= 0.6 is 11.6 Å². The second-order valence-corrected chi connectivity index (χ2v) is 5.27. The first kappa shape index (κ1) is 13.6. The minimum absolute atomic E-state index is 0.173. The summed E-state index contributed by atoms with van der Waals surface area (Å²) in [7, 11) is 0. The maximum Gasteiger partial charge on any atom is 0.240 e. The van der Waals surface area contributed by atoms with Gasteiger partial charge in [-0.05, 0) is 12.1 Å². The molecule has 0 aliphatic heterocycles. The molecule has 23 heavy (non-hydrogen) atoms. The Balaban J connectivity index is 1.97. The number of hydrogen-bond donors (Lipinski definition) is 1. The number of rotatable bonds is 2. The molecule has 0 radical (unpaired) electrons. The molecule has 3 heterocycles. The van der Waals surface area contributed by atoms with Gasteiger partial charge in [-0.15, -0.1) is 5.10 Å². The zero-order valence-electron chi connectivity index (χ0n) is 11.8. The molecule has 0 saturated carbocycles. The lowest BCUT2D eigenvalue weighted by molar-refractivity contribution is 0.962. The number of nitrogens with zero attached hydrogens (tertiary/aromatic N) is 6.